The Morgan fingerprint density at radius 2 is 2.56 bits per heavy atom. The first-order valence-corrected chi connectivity index (χ1v) is 3.48. The number of rotatable bonds is 0. The first kappa shape index (κ1) is 5.30. The monoisotopic (exact) mass is 125 g/mol. The van der Waals surface area contributed by atoms with Crippen LogP contribution in [0.15, 0.2) is 11.8 Å². The second-order valence-corrected chi connectivity index (χ2v) is 2.79. The van der Waals surface area contributed by atoms with Gasteiger partial charge in [-0.3, -0.25) is 0 Å². The van der Waals surface area contributed by atoms with Gasteiger partial charge in [0.1, 0.15) is 0 Å². The maximum atomic E-state index is 9.15. The standard InChI is InChI=1S/C7H11NO/c9-7-4-6-2-1-3-8(6)5-7/h2,7,9H,1,3-5H2/t7-/m0/s1. The molecule has 2 heteroatoms. The maximum Gasteiger partial charge on any atom is 0.0769 e. The molecule has 0 aromatic carbocycles. The summed E-state index contributed by atoms with van der Waals surface area (Å²) in [5.74, 6) is 0. The van der Waals surface area contributed by atoms with Crippen LogP contribution in [0.5, 0.6) is 0 Å². The van der Waals surface area contributed by atoms with E-state index in [9.17, 15) is 0 Å². The molecule has 50 valence electrons. The fourth-order valence-corrected chi connectivity index (χ4v) is 1.64. The summed E-state index contributed by atoms with van der Waals surface area (Å²) >= 11 is 0. The molecule has 1 fully saturated rings. The maximum absolute atomic E-state index is 9.15. The number of aliphatic hydroxyl groups excluding tert-OH is 1. The Morgan fingerprint density at radius 1 is 1.67 bits per heavy atom. The number of aliphatic hydroxyl groups is 1. The van der Waals surface area contributed by atoms with Crippen LogP contribution in [0.4, 0.5) is 0 Å². The van der Waals surface area contributed by atoms with Gasteiger partial charge in [0, 0.05) is 25.2 Å². The van der Waals surface area contributed by atoms with E-state index in [0.717, 1.165) is 19.5 Å². The quantitative estimate of drug-likeness (QED) is 0.504. The number of fused-ring (bicyclic) bond motifs is 1. The highest BCUT2D eigenvalue weighted by Crippen LogP contribution is 2.26. The third kappa shape index (κ3) is 0.741. The molecular weight excluding hydrogens is 114 g/mol. The van der Waals surface area contributed by atoms with Crippen molar-refractivity contribution in [2.75, 3.05) is 13.1 Å². The Labute approximate surface area is 54.8 Å². The minimum Gasteiger partial charge on any atom is -0.391 e. The van der Waals surface area contributed by atoms with Crippen LogP contribution in [0.3, 0.4) is 0 Å². The van der Waals surface area contributed by atoms with Crippen LogP contribution < -0.4 is 0 Å². The van der Waals surface area contributed by atoms with E-state index in [2.05, 4.69) is 11.0 Å². The molecule has 0 bridgehead atoms. The van der Waals surface area contributed by atoms with Gasteiger partial charge in [0.05, 0.1) is 6.10 Å². The molecule has 0 saturated carbocycles. The lowest BCUT2D eigenvalue weighted by Gasteiger charge is -2.11. The fraction of sp³-hybridized carbons (Fsp3) is 0.714. The molecule has 2 aliphatic heterocycles. The van der Waals surface area contributed by atoms with Crippen LogP contribution in [-0.4, -0.2) is 29.2 Å². The van der Waals surface area contributed by atoms with E-state index in [1.165, 1.54) is 12.1 Å². The van der Waals surface area contributed by atoms with Gasteiger partial charge in [-0.25, -0.2) is 0 Å². The number of nitrogens with zero attached hydrogens (tertiary/aromatic N) is 1. The molecule has 0 radical (unpaired) electrons. The molecule has 0 aliphatic carbocycles. The van der Waals surface area contributed by atoms with Crippen molar-refractivity contribution in [1.82, 2.24) is 4.90 Å². The van der Waals surface area contributed by atoms with E-state index in [-0.39, 0.29) is 6.10 Å². The minimum absolute atomic E-state index is 0.0865. The summed E-state index contributed by atoms with van der Waals surface area (Å²) < 4.78 is 0. The van der Waals surface area contributed by atoms with E-state index in [1.54, 1.807) is 0 Å². The van der Waals surface area contributed by atoms with Gasteiger partial charge in [0.2, 0.25) is 0 Å². The van der Waals surface area contributed by atoms with Crippen molar-refractivity contribution in [3.63, 3.8) is 0 Å². The SMILES string of the molecule is O[C@H]1CC2=CCCN2C1. The van der Waals surface area contributed by atoms with Gasteiger partial charge < -0.3 is 10.0 Å². The second-order valence-electron chi connectivity index (χ2n) is 2.79. The lowest BCUT2D eigenvalue weighted by Crippen LogP contribution is -2.18. The van der Waals surface area contributed by atoms with Crippen LogP contribution >= 0.6 is 0 Å². The van der Waals surface area contributed by atoms with Gasteiger partial charge in [-0.1, -0.05) is 6.08 Å². The summed E-state index contributed by atoms with van der Waals surface area (Å²) in [7, 11) is 0. The Balaban J connectivity index is 2.15. The minimum atomic E-state index is -0.0865. The zero-order chi connectivity index (χ0) is 6.27. The van der Waals surface area contributed by atoms with Crippen LogP contribution in [0, 0.1) is 0 Å². The van der Waals surface area contributed by atoms with Gasteiger partial charge in [0.25, 0.3) is 0 Å². The lowest BCUT2D eigenvalue weighted by molar-refractivity contribution is 0.178. The molecular formula is C7H11NO. The van der Waals surface area contributed by atoms with Crippen molar-refractivity contribution in [3.05, 3.63) is 11.8 Å². The van der Waals surface area contributed by atoms with Crippen LogP contribution in [0.1, 0.15) is 12.8 Å². The molecule has 2 rings (SSSR count). The summed E-state index contributed by atoms with van der Waals surface area (Å²) in [6, 6.07) is 0. The molecule has 0 unspecified atom stereocenters. The molecule has 2 heterocycles. The van der Waals surface area contributed by atoms with Gasteiger partial charge in [-0.05, 0) is 6.42 Å². The Hall–Kier alpha value is -0.500. The highest BCUT2D eigenvalue weighted by atomic mass is 16.3. The molecule has 2 aliphatic rings. The van der Waals surface area contributed by atoms with Crippen LogP contribution in [0.2, 0.25) is 0 Å². The van der Waals surface area contributed by atoms with Crippen molar-refractivity contribution in [3.8, 4) is 0 Å². The van der Waals surface area contributed by atoms with Crippen molar-refractivity contribution in [2.24, 2.45) is 0 Å². The highest BCUT2D eigenvalue weighted by Gasteiger charge is 2.26. The van der Waals surface area contributed by atoms with Crippen molar-refractivity contribution >= 4 is 0 Å². The third-order valence-corrected chi connectivity index (χ3v) is 2.06. The highest BCUT2D eigenvalue weighted by molar-refractivity contribution is 5.13. The summed E-state index contributed by atoms with van der Waals surface area (Å²) in [6.45, 7) is 2.00. The summed E-state index contributed by atoms with van der Waals surface area (Å²) in [5.41, 5.74) is 1.36. The average molecular weight is 125 g/mol. The largest absolute Gasteiger partial charge is 0.391 e. The van der Waals surface area contributed by atoms with E-state index < -0.39 is 0 Å². The molecule has 9 heavy (non-hydrogen) atoms. The predicted molar refractivity (Wildman–Crippen MR) is 34.9 cm³/mol. The van der Waals surface area contributed by atoms with Gasteiger partial charge in [-0.15, -0.1) is 0 Å². The Morgan fingerprint density at radius 3 is 3.33 bits per heavy atom. The zero-order valence-electron chi connectivity index (χ0n) is 5.38. The van der Waals surface area contributed by atoms with Gasteiger partial charge in [0.15, 0.2) is 0 Å². The predicted octanol–water partition coefficient (Wildman–Crippen LogP) is 0.341. The van der Waals surface area contributed by atoms with Crippen molar-refractivity contribution in [1.29, 1.82) is 0 Å². The van der Waals surface area contributed by atoms with Gasteiger partial charge in [-0.2, -0.15) is 0 Å². The summed E-state index contributed by atoms with van der Waals surface area (Å²) in [5, 5.41) is 9.15. The Bertz CT molecular complexity index is 153. The first-order chi connectivity index (χ1) is 4.36. The molecule has 1 atom stereocenters. The van der Waals surface area contributed by atoms with Crippen molar-refractivity contribution < 1.29 is 5.11 Å². The molecule has 0 amide bonds. The summed E-state index contributed by atoms with van der Waals surface area (Å²) in [4.78, 5) is 2.27. The third-order valence-electron chi connectivity index (χ3n) is 2.06. The summed E-state index contributed by atoms with van der Waals surface area (Å²) in [6.07, 6.45) is 4.22. The average Bonchev–Trinajstić information content (AvgIpc) is 2.22. The van der Waals surface area contributed by atoms with E-state index in [0.29, 0.717) is 0 Å². The topological polar surface area (TPSA) is 23.5 Å². The molecule has 1 N–H and O–H groups in total. The van der Waals surface area contributed by atoms with Gasteiger partial charge >= 0.3 is 0 Å². The lowest BCUT2D eigenvalue weighted by atomic mass is 10.2. The molecule has 2 nitrogen and oxygen atoms in total. The van der Waals surface area contributed by atoms with E-state index >= 15 is 0 Å². The number of hydrogen-bond donors (Lipinski definition) is 1. The molecule has 0 spiro atoms. The Kier molecular flexibility index (Phi) is 1.02. The smallest absolute Gasteiger partial charge is 0.0769 e. The number of hydrogen-bond acceptors (Lipinski definition) is 2. The van der Waals surface area contributed by atoms with E-state index in [1.807, 2.05) is 0 Å². The molecule has 0 aromatic rings. The van der Waals surface area contributed by atoms with Crippen molar-refractivity contribution in [2.45, 2.75) is 18.9 Å². The second kappa shape index (κ2) is 1.74. The van der Waals surface area contributed by atoms with E-state index in [4.69, 9.17) is 5.11 Å². The molecule has 1 saturated heterocycles. The normalized spacial score (nSPS) is 32.8. The first-order valence-electron chi connectivity index (χ1n) is 3.48. The molecule has 0 aromatic heterocycles. The fourth-order valence-electron chi connectivity index (χ4n) is 1.64. The van der Waals surface area contributed by atoms with Crippen LogP contribution in [-0.2, 0) is 0 Å². The van der Waals surface area contributed by atoms with Crippen LogP contribution in [0.25, 0.3) is 0 Å². The zero-order valence-corrected chi connectivity index (χ0v) is 5.38.